The Labute approximate surface area is 143 Å². The molecular formula is C19H15NOS2. The van der Waals surface area contributed by atoms with Gasteiger partial charge in [0.05, 0.1) is 0 Å². The number of carbonyl (C=O) groups is 1. The van der Waals surface area contributed by atoms with Crippen LogP contribution in [0, 0.1) is 0 Å². The summed E-state index contributed by atoms with van der Waals surface area (Å²) >= 11 is 0. The quantitative estimate of drug-likeness (QED) is 0.602. The Kier molecular flexibility index (Phi) is 5.40. The van der Waals surface area contributed by atoms with E-state index in [1.165, 1.54) is 4.90 Å². The Morgan fingerprint density at radius 2 is 1.17 bits per heavy atom. The number of benzene rings is 3. The van der Waals surface area contributed by atoms with E-state index >= 15 is 0 Å². The van der Waals surface area contributed by atoms with Gasteiger partial charge in [-0.25, -0.2) is 0 Å². The predicted molar refractivity (Wildman–Crippen MR) is 99.0 cm³/mol. The molecule has 23 heavy (non-hydrogen) atoms. The molecule has 0 saturated carbocycles. The molecular weight excluding hydrogens is 322 g/mol. The third kappa shape index (κ3) is 4.65. The maximum atomic E-state index is 12.1. The molecule has 0 heterocycles. The fourth-order valence-corrected chi connectivity index (χ4v) is 3.91. The first-order valence-electron chi connectivity index (χ1n) is 7.17. The first-order valence-corrected chi connectivity index (χ1v) is 9.32. The van der Waals surface area contributed by atoms with Crippen molar-refractivity contribution in [3.63, 3.8) is 0 Å². The Balaban J connectivity index is 1.58. The van der Waals surface area contributed by atoms with Crippen molar-refractivity contribution in [3.05, 3.63) is 90.5 Å². The first-order chi connectivity index (χ1) is 11.3. The van der Waals surface area contributed by atoms with Gasteiger partial charge in [0.25, 0.3) is 5.91 Å². The highest BCUT2D eigenvalue weighted by Gasteiger charge is 2.05. The number of amides is 1. The van der Waals surface area contributed by atoms with E-state index in [2.05, 4.69) is 17.4 Å². The van der Waals surface area contributed by atoms with Crippen molar-refractivity contribution in [3.8, 4) is 0 Å². The fourth-order valence-electron chi connectivity index (χ4n) is 1.96. The molecule has 0 bridgehead atoms. The van der Waals surface area contributed by atoms with E-state index in [1.807, 2.05) is 60.7 Å². The lowest BCUT2D eigenvalue weighted by Crippen LogP contribution is -2.11. The lowest BCUT2D eigenvalue weighted by molar-refractivity contribution is 0.102. The van der Waals surface area contributed by atoms with Crippen LogP contribution >= 0.6 is 21.6 Å². The van der Waals surface area contributed by atoms with Gasteiger partial charge in [0, 0.05) is 21.0 Å². The minimum absolute atomic E-state index is 0.0929. The standard InChI is InChI=1S/C19H15NOS2/c21-19(15-7-3-1-4-8-15)20-16-11-13-18(14-12-16)23-22-17-9-5-2-6-10-17/h1-14H,(H,20,21). The van der Waals surface area contributed by atoms with E-state index in [0.29, 0.717) is 5.56 Å². The molecule has 3 aromatic rings. The van der Waals surface area contributed by atoms with Gasteiger partial charge in [0.15, 0.2) is 0 Å². The van der Waals surface area contributed by atoms with Crippen molar-refractivity contribution in [2.24, 2.45) is 0 Å². The Morgan fingerprint density at radius 1 is 0.652 bits per heavy atom. The largest absolute Gasteiger partial charge is 0.322 e. The summed E-state index contributed by atoms with van der Waals surface area (Å²) in [6, 6.07) is 27.4. The summed E-state index contributed by atoms with van der Waals surface area (Å²) in [7, 11) is 3.42. The fraction of sp³-hybridized carbons (Fsp3) is 0. The second-order valence-corrected chi connectivity index (χ2v) is 7.10. The Hall–Kier alpha value is -2.17. The van der Waals surface area contributed by atoms with Crippen LogP contribution in [0.15, 0.2) is 94.7 Å². The lowest BCUT2D eigenvalue weighted by Gasteiger charge is -2.06. The molecule has 0 aliphatic rings. The molecule has 0 unspecified atom stereocenters. The summed E-state index contributed by atoms with van der Waals surface area (Å²) in [6.45, 7) is 0. The topological polar surface area (TPSA) is 29.1 Å². The minimum Gasteiger partial charge on any atom is -0.322 e. The summed E-state index contributed by atoms with van der Waals surface area (Å²) in [5.74, 6) is -0.0929. The molecule has 0 atom stereocenters. The SMILES string of the molecule is O=C(Nc1ccc(SSc2ccccc2)cc1)c1ccccc1. The van der Waals surface area contributed by atoms with Crippen molar-refractivity contribution >= 4 is 33.2 Å². The van der Waals surface area contributed by atoms with Crippen molar-refractivity contribution in [2.75, 3.05) is 5.32 Å². The molecule has 1 N–H and O–H groups in total. The van der Waals surface area contributed by atoms with Gasteiger partial charge in [-0.1, -0.05) is 58.0 Å². The zero-order valence-electron chi connectivity index (χ0n) is 12.3. The molecule has 3 aromatic carbocycles. The Morgan fingerprint density at radius 3 is 1.78 bits per heavy atom. The van der Waals surface area contributed by atoms with Crippen LogP contribution in [0.25, 0.3) is 0 Å². The minimum atomic E-state index is -0.0929. The molecule has 4 heteroatoms. The van der Waals surface area contributed by atoms with Crippen molar-refractivity contribution in [1.82, 2.24) is 0 Å². The molecule has 0 aliphatic heterocycles. The zero-order valence-corrected chi connectivity index (χ0v) is 13.9. The second-order valence-electron chi connectivity index (χ2n) is 4.82. The van der Waals surface area contributed by atoms with Gasteiger partial charge < -0.3 is 5.32 Å². The van der Waals surface area contributed by atoms with Gasteiger partial charge in [-0.2, -0.15) is 0 Å². The summed E-state index contributed by atoms with van der Waals surface area (Å²) in [5.41, 5.74) is 1.46. The summed E-state index contributed by atoms with van der Waals surface area (Å²) in [4.78, 5) is 14.5. The van der Waals surface area contributed by atoms with E-state index in [9.17, 15) is 4.79 Å². The van der Waals surface area contributed by atoms with Crippen LogP contribution in [-0.4, -0.2) is 5.91 Å². The van der Waals surface area contributed by atoms with Crippen LogP contribution in [0.4, 0.5) is 5.69 Å². The van der Waals surface area contributed by atoms with Gasteiger partial charge in [0.2, 0.25) is 0 Å². The maximum absolute atomic E-state index is 12.1. The smallest absolute Gasteiger partial charge is 0.255 e. The molecule has 1 amide bonds. The summed E-state index contributed by atoms with van der Waals surface area (Å²) in [5, 5.41) is 2.90. The highest BCUT2D eigenvalue weighted by molar-refractivity contribution is 8.76. The number of hydrogen-bond acceptors (Lipinski definition) is 3. The average molecular weight is 337 g/mol. The van der Waals surface area contributed by atoms with Crippen LogP contribution in [0.5, 0.6) is 0 Å². The third-order valence-corrected chi connectivity index (χ3v) is 5.54. The van der Waals surface area contributed by atoms with Gasteiger partial charge in [-0.3, -0.25) is 4.79 Å². The zero-order chi connectivity index (χ0) is 15.9. The molecule has 114 valence electrons. The van der Waals surface area contributed by atoms with Crippen molar-refractivity contribution < 1.29 is 4.79 Å². The van der Waals surface area contributed by atoms with E-state index < -0.39 is 0 Å². The van der Waals surface area contributed by atoms with E-state index in [0.717, 1.165) is 10.6 Å². The van der Waals surface area contributed by atoms with Crippen LogP contribution in [0.2, 0.25) is 0 Å². The molecule has 2 nitrogen and oxygen atoms in total. The summed E-state index contributed by atoms with van der Waals surface area (Å²) < 4.78 is 0. The molecule has 0 aromatic heterocycles. The number of nitrogens with one attached hydrogen (secondary N) is 1. The highest BCUT2D eigenvalue weighted by atomic mass is 33.1. The monoisotopic (exact) mass is 337 g/mol. The molecule has 0 aliphatic carbocycles. The third-order valence-electron chi connectivity index (χ3n) is 3.13. The van der Waals surface area contributed by atoms with Crippen LogP contribution in [0.3, 0.4) is 0 Å². The molecule has 0 saturated heterocycles. The van der Waals surface area contributed by atoms with Crippen LogP contribution in [-0.2, 0) is 0 Å². The normalized spacial score (nSPS) is 10.3. The van der Waals surface area contributed by atoms with E-state index in [-0.39, 0.29) is 5.91 Å². The summed E-state index contributed by atoms with van der Waals surface area (Å²) in [6.07, 6.45) is 0. The molecule has 0 fully saturated rings. The van der Waals surface area contributed by atoms with Crippen molar-refractivity contribution in [2.45, 2.75) is 9.79 Å². The van der Waals surface area contributed by atoms with Crippen LogP contribution in [0.1, 0.15) is 10.4 Å². The number of carbonyl (C=O) groups excluding carboxylic acids is 1. The number of anilines is 1. The van der Waals surface area contributed by atoms with Crippen molar-refractivity contribution in [1.29, 1.82) is 0 Å². The van der Waals surface area contributed by atoms with Crippen LogP contribution < -0.4 is 5.32 Å². The highest BCUT2D eigenvalue weighted by Crippen LogP contribution is 2.37. The van der Waals surface area contributed by atoms with E-state index in [1.54, 1.807) is 33.7 Å². The average Bonchev–Trinajstić information content (AvgIpc) is 2.63. The molecule has 0 spiro atoms. The second kappa shape index (κ2) is 7.90. The van der Waals surface area contributed by atoms with Gasteiger partial charge in [-0.05, 0) is 48.5 Å². The lowest BCUT2D eigenvalue weighted by atomic mass is 10.2. The number of hydrogen-bond donors (Lipinski definition) is 1. The maximum Gasteiger partial charge on any atom is 0.255 e. The van der Waals surface area contributed by atoms with Gasteiger partial charge in [0.1, 0.15) is 0 Å². The predicted octanol–water partition coefficient (Wildman–Crippen LogP) is 5.74. The Bertz CT molecular complexity index is 758. The van der Waals surface area contributed by atoms with Gasteiger partial charge in [-0.15, -0.1) is 0 Å². The molecule has 3 rings (SSSR count). The first kappa shape index (κ1) is 15.7. The number of rotatable bonds is 5. The molecule has 0 radical (unpaired) electrons. The van der Waals surface area contributed by atoms with E-state index in [4.69, 9.17) is 0 Å². The van der Waals surface area contributed by atoms with Gasteiger partial charge >= 0.3 is 0 Å².